The molecule has 26 heavy (non-hydrogen) atoms. The Morgan fingerprint density at radius 1 is 1.27 bits per heavy atom. The van der Waals surface area contributed by atoms with Gasteiger partial charge in [0.15, 0.2) is 17.5 Å². The van der Waals surface area contributed by atoms with Crippen LogP contribution in [0.4, 0.5) is 5.69 Å². The molecule has 0 radical (unpaired) electrons. The number of benzene rings is 1. The Kier molecular flexibility index (Phi) is 9.71. The van der Waals surface area contributed by atoms with Crippen molar-refractivity contribution in [3.05, 3.63) is 33.8 Å². The maximum atomic E-state index is 5.54. The third-order valence-electron chi connectivity index (χ3n) is 3.59. The summed E-state index contributed by atoms with van der Waals surface area (Å²) in [6.45, 7) is 7.43. The van der Waals surface area contributed by atoms with Gasteiger partial charge in [-0.3, -0.25) is 4.99 Å². The molecule has 1 aromatic heterocycles. The van der Waals surface area contributed by atoms with E-state index in [1.54, 1.807) is 25.5 Å². The van der Waals surface area contributed by atoms with E-state index in [9.17, 15) is 0 Å². The first kappa shape index (κ1) is 22.5. The number of methoxy groups -OCH3 is 1. The molecule has 144 valence electrons. The van der Waals surface area contributed by atoms with Crippen molar-refractivity contribution in [2.24, 2.45) is 4.99 Å². The van der Waals surface area contributed by atoms with Gasteiger partial charge in [0.2, 0.25) is 0 Å². The van der Waals surface area contributed by atoms with Gasteiger partial charge < -0.3 is 20.1 Å². The molecule has 0 aliphatic rings. The van der Waals surface area contributed by atoms with Crippen LogP contribution in [0.15, 0.2) is 23.2 Å². The van der Waals surface area contributed by atoms with Gasteiger partial charge in [-0.25, -0.2) is 4.98 Å². The number of nitrogens with zero attached hydrogens (tertiary/aromatic N) is 2. The zero-order chi connectivity index (χ0) is 18.2. The molecule has 0 spiro atoms. The lowest BCUT2D eigenvalue weighted by Gasteiger charge is -2.14. The minimum atomic E-state index is 0. The summed E-state index contributed by atoms with van der Waals surface area (Å²) in [6, 6.07) is 5.73. The number of halogens is 1. The lowest BCUT2D eigenvalue weighted by Crippen LogP contribution is -2.32. The van der Waals surface area contributed by atoms with Gasteiger partial charge in [-0.15, -0.1) is 35.3 Å². The number of aryl methyl sites for hydroxylation is 2. The van der Waals surface area contributed by atoms with E-state index in [0.29, 0.717) is 18.3 Å². The van der Waals surface area contributed by atoms with Gasteiger partial charge >= 0.3 is 0 Å². The first-order chi connectivity index (χ1) is 12.1. The zero-order valence-corrected chi connectivity index (χ0v) is 19.0. The van der Waals surface area contributed by atoms with Crippen LogP contribution in [-0.4, -0.2) is 38.3 Å². The van der Waals surface area contributed by atoms with Gasteiger partial charge in [-0.1, -0.05) is 0 Å². The van der Waals surface area contributed by atoms with Crippen LogP contribution < -0.4 is 20.1 Å². The molecule has 6 nitrogen and oxygen atoms in total. The number of thiazole rings is 1. The Bertz CT molecular complexity index is 734. The summed E-state index contributed by atoms with van der Waals surface area (Å²) in [4.78, 5) is 10.0. The number of ether oxygens (including phenoxy) is 2. The highest BCUT2D eigenvalue weighted by atomic mass is 127. The Hall–Kier alpha value is -1.55. The molecular formula is C18H27IN4O2S. The largest absolute Gasteiger partial charge is 0.493 e. The van der Waals surface area contributed by atoms with Gasteiger partial charge in [0.25, 0.3) is 0 Å². The van der Waals surface area contributed by atoms with Gasteiger partial charge in [0.1, 0.15) is 0 Å². The third-order valence-corrected chi connectivity index (χ3v) is 4.73. The van der Waals surface area contributed by atoms with Crippen molar-refractivity contribution in [3.63, 3.8) is 0 Å². The highest BCUT2D eigenvalue weighted by Gasteiger charge is 2.08. The summed E-state index contributed by atoms with van der Waals surface area (Å²) in [5.41, 5.74) is 2.00. The van der Waals surface area contributed by atoms with Crippen LogP contribution in [0.3, 0.4) is 0 Å². The number of hydrogen-bond acceptors (Lipinski definition) is 5. The fourth-order valence-corrected chi connectivity index (χ4v) is 3.37. The molecule has 0 aliphatic carbocycles. The topological polar surface area (TPSA) is 67.8 Å². The smallest absolute Gasteiger partial charge is 0.195 e. The number of anilines is 1. The van der Waals surface area contributed by atoms with E-state index < -0.39 is 0 Å². The molecule has 8 heteroatoms. The molecule has 1 heterocycles. The lowest BCUT2D eigenvalue weighted by molar-refractivity contribution is 0.311. The highest BCUT2D eigenvalue weighted by molar-refractivity contribution is 14.0. The average molecular weight is 490 g/mol. The van der Waals surface area contributed by atoms with E-state index in [4.69, 9.17) is 9.47 Å². The number of hydrogen-bond donors (Lipinski definition) is 2. The molecule has 2 aromatic rings. The van der Waals surface area contributed by atoms with Crippen molar-refractivity contribution < 1.29 is 9.47 Å². The van der Waals surface area contributed by atoms with E-state index in [2.05, 4.69) is 27.5 Å². The SMILES string of the molecule is CCOc1ccc(NC(=NC)NCCc2sc(C)nc2C)cc1OC.I. The maximum Gasteiger partial charge on any atom is 0.195 e. The summed E-state index contributed by atoms with van der Waals surface area (Å²) < 4.78 is 10.9. The van der Waals surface area contributed by atoms with E-state index in [0.717, 1.165) is 35.1 Å². The Morgan fingerprint density at radius 3 is 2.62 bits per heavy atom. The highest BCUT2D eigenvalue weighted by Crippen LogP contribution is 2.30. The summed E-state index contributed by atoms with van der Waals surface area (Å²) in [5, 5.41) is 7.70. The van der Waals surface area contributed by atoms with Crippen LogP contribution in [0.25, 0.3) is 0 Å². The fraction of sp³-hybridized carbons (Fsp3) is 0.444. The monoisotopic (exact) mass is 490 g/mol. The molecule has 0 aliphatic heterocycles. The minimum absolute atomic E-state index is 0. The first-order valence-corrected chi connectivity index (χ1v) is 9.10. The Labute approximate surface area is 176 Å². The molecule has 0 unspecified atom stereocenters. The van der Waals surface area contributed by atoms with Crippen molar-refractivity contribution in [2.45, 2.75) is 27.2 Å². The van der Waals surface area contributed by atoms with Crippen molar-refractivity contribution in [2.75, 3.05) is 32.6 Å². The molecule has 0 fully saturated rings. The number of aromatic nitrogens is 1. The minimum Gasteiger partial charge on any atom is -0.493 e. The van der Waals surface area contributed by atoms with Crippen LogP contribution in [0, 0.1) is 13.8 Å². The van der Waals surface area contributed by atoms with Crippen molar-refractivity contribution in [1.29, 1.82) is 0 Å². The molecule has 0 saturated carbocycles. The van der Waals surface area contributed by atoms with Crippen LogP contribution >= 0.6 is 35.3 Å². The van der Waals surface area contributed by atoms with Crippen molar-refractivity contribution in [3.8, 4) is 11.5 Å². The predicted molar refractivity (Wildman–Crippen MR) is 120 cm³/mol. The number of guanidine groups is 1. The molecule has 1 aromatic carbocycles. The second-order valence-corrected chi connectivity index (χ2v) is 6.70. The van der Waals surface area contributed by atoms with Crippen molar-refractivity contribution in [1.82, 2.24) is 10.3 Å². The number of aliphatic imine (C=N–C) groups is 1. The van der Waals surface area contributed by atoms with Crippen LogP contribution in [0.5, 0.6) is 11.5 Å². The van der Waals surface area contributed by atoms with Crippen molar-refractivity contribution >= 4 is 47.0 Å². The Balaban J connectivity index is 0.00000338. The van der Waals surface area contributed by atoms with Gasteiger partial charge in [-0.2, -0.15) is 0 Å². The molecular weight excluding hydrogens is 463 g/mol. The standard InChI is InChI=1S/C18H26N4O2S.HI/c1-6-24-15-8-7-14(11-16(15)23-5)22-18(19-4)20-10-9-17-12(2)21-13(3)25-17;/h7-8,11H,6,9-10H2,1-5H3,(H2,19,20,22);1H. The summed E-state index contributed by atoms with van der Waals surface area (Å²) in [6.07, 6.45) is 0.921. The Morgan fingerprint density at radius 2 is 2.04 bits per heavy atom. The van der Waals surface area contributed by atoms with E-state index in [1.165, 1.54) is 4.88 Å². The van der Waals surface area contributed by atoms with Crippen LogP contribution in [-0.2, 0) is 6.42 Å². The fourth-order valence-electron chi connectivity index (χ4n) is 2.44. The van der Waals surface area contributed by atoms with E-state index in [1.807, 2.05) is 32.0 Å². The van der Waals surface area contributed by atoms with Crippen LogP contribution in [0.1, 0.15) is 22.5 Å². The first-order valence-electron chi connectivity index (χ1n) is 8.28. The lowest BCUT2D eigenvalue weighted by atomic mass is 10.2. The summed E-state index contributed by atoms with van der Waals surface area (Å²) in [5.74, 6) is 2.14. The molecule has 0 atom stereocenters. The van der Waals surface area contributed by atoms with Gasteiger partial charge in [0, 0.05) is 36.6 Å². The summed E-state index contributed by atoms with van der Waals surface area (Å²) in [7, 11) is 3.39. The normalized spacial score (nSPS) is 10.9. The van der Waals surface area contributed by atoms with E-state index in [-0.39, 0.29) is 24.0 Å². The van der Waals surface area contributed by atoms with Crippen LogP contribution in [0.2, 0.25) is 0 Å². The molecule has 2 rings (SSSR count). The summed E-state index contributed by atoms with van der Waals surface area (Å²) >= 11 is 1.75. The number of rotatable bonds is 7. The zero-order valence-electron chi connectivity index (χ0n) is 15.9. The predicted octanol–water partition coefficient (Wildman–Crippen LogP) is 4.02. The van der Waals surface area contributed by atoms with Gasteiger partial charge in [-0.05, 0) is 32.9 Å². The average Bonchev–Trinajstić information content (AvgIpc) is 2.92. The maximum absolute atomic E-state index is 5.54. The second-order valence-electron chi connectivity index (χ2n) is 5.41. The molecule has 2 N–H and O–H groups in total. The third kappa shape index (κ3) is 6.31. The molecule has 0 saturated heterocycles. The van der Waals surface area contributed by atoms with Gasteiger partial charge in [0.05, 0.1) is 24.4 Å². The molecule has 0 amide bonds. The quantitative estimate of drug-likeness (QED) is 0.349. The molecule has 0 bridgehead atoms. The second kappa shape index (κ2) is 11.2. The van der Waals surface area contributed by atoms with E-state index >= 15 is 0 Å². The number of nitrogens with one attached hydrogen (secondary N) is 2.